The first-order valence-electron chi connectivity index (χ1n) is 5.81. The Morgan fingerprint density at radius 3 is 2.95 bits per heavy atom. The van der Waals surface area contributed by atoms with Gasteiger partial charge in [-0.05, 0) is 24.6 Å². The summed E-state index contributed by atoms with van der Waals surface area (Å²) in [6, 6.07) is 6.74. The van der Waals surface area contributed by atoms with Crippen LogP contribution in [-0.4, -0.2) is 11.6 Å². The Morgan fingerprint density at radius 2 is 2.26 bits per heavy atom. The molecule has 0 amide bonds. The number of alkyl halides is 2. The number of halogens is 2. The van der Waals surface area contributed by atoms with Crippen molar-refractivity contribution in [3.8, 4) is 5.75 Å². The van der Waals surface area contributed by atoms with Crippen LogP contribution in [0.25, 0.3) is 0 Å². The lowest BCUT2D eigenvalue weighted by Gasteiger charge is -2.14. The summed E-state index contributed by atoms with van der Waals surface area (Å²) < 4.78 is 28.7. The van der Waals surface area contributed by atoms with Crippen molar-refractivity contribution in [2.24, 2.45) is 0 Å². The molecule has 0 fully saturated rings. The highest BCUT2D eigenvalue weighted by atomic mass is 32.1. The predicted octanol–water partition coefficient (Wildman–Crippen LogP) is 3.60. The molecule has 1 aromatic heterocycles. The Morgan fingerprint density at radius 1 is 1.42 bits per heavy atom. The van der Waals surface area contributed by atoms with Crippen LogP contribution in [0.2, 0.25) is 0 Å². The Bertz CT molecular complexity index is 505. The zero-order valence-corrected chi connectivity index (χ0v) is 11.2. The maximum Gasteiger partial charge on any atom is 0.387 e. The van der Waals surface area contributed by atoms with Gasteiger partial charge in [-0.1, -0.05) is 12.1 Å². The molecular formula is C13H14F2N2OS. The lowest BCUT2D eigenvalue weighted by atomic mass is 10.1. The molecule has 102 valence electrons. The molecule has 1 heterocycles. The molecular weight excluding hydrogens is 270 g/mol. The largest absolute Gasteiger partial charge is 0.435 e. The average molecular weight is 284 g/mol. The maximum absolute atomic E-state index is 12.1. The van der Waals surface area contributed by atoms with Crippen LogP contribution >= 0.6 is 11.3 Å². The molecule has 2 aromatic rings. The van der Waals surface area contributed by atoms with Crippen molar-refractivity contribution in [3.05, 3.63) is 46.4 Å². The molecule has 0 aliphatic heterocycles. The number of thiazole rings is 1. The summed E-state index contributed by atoms with van der Waals surface area (Å²) in [6.45, 7) is -0.178. The van der Waals surface area contributed by atoms with Crippen LogP contribution in [0.5, 0.6) is 5.75 Å². The van der Waals surface area contributed by atoms with Crippen molar-refractivity contribution in [1.82, 2.24) is 10.3 Å². The minimum absolute atomic E-state index is 0.0325. The molecule has 1 aromatic carbocycles. The first-order valence-corrected chi connectivity index (χ1v) is 6.69. The van der Waals surface area contributed by atoms with Gasteiger partial charge in [-0.25, -0.2) is 4.98 Å². The van der Waals surface area contributed by atoms with Gasteiger partial charge in [0.15, 0.2) is 0 Å². The van der Waals surface area contributed by atoms with Crippen molar-refractivity contribution in [1.29, 1.82) is 0 Å². The van der Waals surface area contributed by atoms with Gasteiger partial charge in [0, 0.05) is 24.2 Å². The van der Waals surface area contributed by atoms with E-state index < -0.39 is 6.61 Å². The minimum Gasteiger partial charge on any atom is -0.435 e. The van der Waals surface area contributed by atoms with E-state index in [0.717, 1.165) is 10.6 Å². The molecule has 19 heavy (non-hydrogen) atoms. The first-order chi connectivity index (χ1) is 9.15. The molecule has 0 saturated heterocycles. The second-order valence-electron chi connectivity index (χ2n) is 3.98. The molecule has 0 aliphatic rings. The fraction of sp³-hybridized carbons (Fsp3) is 0.308. The van der Waals surface area contributed by atoms with E-state index >= 15 is 0 Å². The van der Waals surface area contributed by atoms with E-state index in [1.807, 2.05) is 18.4 Å². The fourth-order valence-electron chi connectivity index (χ4n) is 1.66. The molecule has 2 rings (SSSR count). The van der Waals surface area contributed by atoms with Crippen molar-refractivity contribution in [2.75, 3.05) is 0 Å². The highest BCUT2D eigenvalue weighted by Gasteiger charge is 2.09. The van der Waals surface area contributed by atoms with Crippen LogP contribution in [0, 0.1) is 0 Å². The summed E-state index contributed by atoms with van der Waals surface area (Å²) in [7, 11) is 0. The molecule has 0 spiro atoms. The zero-order chi connectivity index (χ0) is 13.7. The summed E-state index contributed by atoms with van der Waals surface area (Å²) in [5.41, 5.74) is 0.898. The van der Waals surface area contributed by atoms with Gasteiger partial charge in [0.25, 0.3) is 0 Å². The fourth-order valence-corrected chi connectivity index (χ4v) is 2.23. The molecule has 3 nitrogen and oxygen atoms in total. The van der Waals surface area contributed by atoms with Gasteiger partial charge >= 0.3 is 6.61 Å². The summed E-state index contributed by atoms with van der Waals surface area (Å²) in [5, 5.41) is 6.19. The number of hydrogen-bond acceptors (Lipinski definition) is 4. The van der Waals surface area contributed by atoms with Crippen LogP contribution in [-0.2, 0) is 6.54 Å². The molecule has 6 heteroatoms. The summed E-state index contributed by atoms with van der Waals surface area (Å²) >= 11 is 1.57. The van der Waals surface area contributed by atoms with E-state index in [9.17, 15) is 8.78 Å². The standard InChI is InChI=1S/C13H14F2N2OS/c1-9(17-8-12-16-5-6-19-12)10-3-2-4-11(7-10)18-13(14)15/h2-7,9,13,17H,8H2,1H3. The molecule has 0 bridgehead atoms. The summed E-state index contributed by atoms with van der Waals surface area (Å²) in [4.78, 5) is 4.17. The monoisotopic (exact) mass is 284 g/mol. The maximum atomic E-state index is 12.1. The molecule has 0 aliphatic carbocycles. The van der Waals surface area contributed by atoms with Crippen molar-refractivity contribution >= 4 is 11.3 Å². The quantitative estimate of drug-likeness (QED) is 0.880. The van der Waals surface area contributed by atoms with E-state index in [1.165, 1.54) is 6.07 Å². The topological polar surface area (TPSA) is 34.2 Å². The van der Waals surface area contributed by atoms with Crippen LogP contribution in [0.15, 0.2) is 35.8 Å². The van der Waals surface area contributed by atoms with Gasteiger partial charge in [0.1, 0.15) is 10.8 Å². The van der Waals surface area contributed by atoms with Gasteiger partial charge in [0.05, 0.1) is 0 Å². The summed E-state index contributed by atoms with van der Waals surface area (Å²) in [5.74, 6) is 0.176. The Labute approximate surface area is 114 Å². The molecule has 1 atom stereocenters. The molecule has 0 radical (unpaired) electrons. The highest BCUT2D eigenvalue weighted by molar-refractivity contribution is 7.09. The minimum atomic E-state index is -2.80. The predicted molar refractivity (Wildman–Crippen MR) is 70.4 cm³/mol. The Kier molecular flexibility index (Phi) is 4.81. The van der Waals surface area contributed by atoms with Gasteiger partial charge in [0.2, 0.25) is 0 Å². The summed E-state index contributed by atoms with van der Waals surface area (Å²) in [6.07, 6.45) is 1.75. The third-order valence-electron chi connectivity index (χ3n) is 2.63. The van der Waals surface area contributed by atoms with Gasteiger partial charge < -0.3 is 10.1 Å². The number of rotatable bonds is 6. The van der Waals surface area contributed by atoms with Crippen LogP contribution in [0.1, 0.15) is 23.5 Å². The van der Waals surface area contributed by atoms with E-state index in [1.54, 1.807) is 29.7 Å². The smallest absolute Gasteiger partial charge is 0.387 e. The Hall–Kier alpha value is -1.53. The number of aromatic nitrogens is 1. The first kappa shape index (κ1) is 13.9. The van der Waals surface area contributed by atoms with E-state index in [4.69, 9.17) is 0 Å². The van der Waals surface area contributed by atoms with Crippen LogP contribution in [0.4, 0.5) is 8.78 Å². The normalized spacial score (nSPS) is 12.6. The number of hydrogen-bond donors (Lipinski definition) is 1. The molecule has 1 unspecified atom stereocenters. The van der Waals surface area contributed by atoms with E-state index in [0.29, 0.717) is 6.54 Å². The van der Waals surface area contributed by atoms with Crippen molar-refractivity contribution in [2.45, 2.75) is 26.1 Å². The van der Waals surface area contributed by atoms with E-state index in [-0.39, 0.29) is 11.8 Å². The average Bonchev–Trinajstić information content (AvgIpc) is 2.88. The van der Waals surface area contributed by atoms with E-state index in [2.05, 4.69) is 15.0 Å². The molecule has 1 N–H and O–H groups in total. The lowest BCUT2D eigenvalue weighted by Crippen LogP contribution is -2.18. The van der Waals surface area contributed by atoms with Crippen LogP contribution in [0.3, 0.4) is 0 Å². The number of ether oxygens (including phenoxy) is 1. The van der Waals surface area contributed by atoms with Crippen molar-refractivity contribution in [3.63, 3.8) is 0 Å². The SMILES string of the molecule is CC(NCc1nccs1)c1cccc(OC(F)F)c1. The lowest BCUT2D eigenvalue weighted by molar-refractivity contribution is -0.0499. The van der Waals surface area contributed by atoms with Gasteiger partial charge in [-0.3, -0.25) is 0 Å². The highest BCUT2D eigenvalue weighted by Crippen LogP contribution is 2.21. The van der Waals surface area contributed by atoms with Gasteiger partial charge in [-0.2, -0.15) is 8.78 Å². The second kappa shape index (κ2) is 6.58. The third-order valence-corrected chi connectivity index (χ3v) is 3.41. The van der Waals surface area contributed by atoms with Crippen molar-refractivity contribution < 1.29 is 13.5 Å². The molecule has 0 saturated carbocycles. The van der Waals surface area contributed by atoms with Gasteiger partial charge in [-0.15, -0.1) is 11.3 Å². The second-order valence-corrected chi connectivity index (χ2v) is 4.96. The van der Waals surface area contributed by atoms with Crippen LogP contribution < -0.4 is 10.1 Å². The number of benzene rings is 1. The number of nitrogens with zero attached hydrogens (tertiary/aromatic N) is 1. The Balaban J connectivity index is 1.96. The zero-order valence-electron chi connectivity index (χ0n) is 10.3. The third kappa shape index (κ3) is 4.25. The number of nitrogens with one attached hydrogen (secondary N) is 1.